The van der Waals surface area contributed by atoms with E-state index in [1.54, 1.807) is 0 Å². The number of benzene rings is 1. The molecule has 1 N–H and O–H groups in total. The zero-order valence-electron chi connectivity index (χ0n) is 12.6. The van der Waals surface area contributed by atoms with Crippen LogP contribution in [0.4, 0.5) is 0 Å². The first-order chi connectivity index (χ1) is 10.0. The fourth-order valence-corrected chi connectivity index (χ4v) is 3.97. The molecular formula is C16H21NO2S2. The fraction of sp³-hybridized carbons (Fsp3) is 0.438. The smallest absolute Gasteiger partial charge is 0.346 e. The number of aromatic carboxylic acids is 1. The number of fused-ring (bicyclic) bond motifs is 1. The fourth-order valence-electron chi connectivity index (χ4n) is 2.34. The highest BCUT2D eigenvalue weighted by Gasteiger charge is 2.20. The predicted octanol–water partition coefficient (Wildman–Crippen LogP) is 4.17. The molecule has 0 saturated carbocycles. The van der Waals surface area contributed by atoms with Gasteiger partial charge in [-0.3, -0.25) is 4.90 Å². The standard InChI is InChI=1S/C16H21NO2S2/c1-11(8-9-20-3)17(2)10-13-12-6-4-5-7-14(12)21-15(13)16(18)19/h4-7,11H,8-10H2,1-3H3,(H,18,19). The molecular weight excluding hydrogens is 302 g/mol. The van der Waals surface area contributed by atoms with E-state index in [1.165, 1.54) is 11.3 Å². The molecule has 2 aromatic rings. The zero-order chi connectivity index (χ0) is 15.4. The molecule has 0 aliphatic rings. The van der Waals surface area contributed by atoms with Crippen LogP contribution in [0.2, 0.25) is 0 Å². The molecule has 21 heavy (non-hydrogen) atoms. The van der Waals surface area contributed by atoms with Gasteiger partial charge < -0.3 is 5.11 Å². The third-order valence-electron chi connectivity index (χ3n) is 3.79. The zero-order valence-corrected chi connectivity index (χ0v) is 14.3. The van der Waals surface area contributed by atoms with Gasteiger partial charge in [0.25, 0.3) is 0 Å². The van der Waals surface area contributed by atoms with E-state index in [9.17, 15) is 9.90 Å². The Kier molecular flexibility index (Phi) is 5.67. The van der Waals surface area contributed by atoms with E-state index in [4.69, 9.17) is 0 Å². The summed E-state index contributed by atoms with van der Waals surface area (Å²) in [4.78, 5) is 14.2. The summed E-state index contributed by atoms with van der Waals surface area (Å²) in [5.74, 6) is 0.304. The van der Waals surface area contributed by atoms with E-state index in [0.717, 1.165) is 27.8 Å². The second kappa shape index (κ2) is 7.29. The normalized spacial score (nSPS) is 13.0. The van der Waals surface area contributed by atoms with Gasteiger partial charge in [-0.15, -0.1) is 11.3 Å². The van der Waals surface area contributed by atoms with Crippen molar-refractivity contribution in [3.05, 3.63) is 34.7 Å². The van der Waals surface area contributed by atoms with Crippen molar-refractivity contribution in [1.29, 1.82) is 0 Å². The van der Waals surface area contributed by atoms with Gasteiger partial charge in [0, 0.05) is 17.3 Å². The summed E-state index contributed by atoms with van der Waals surface area (Å²) in [6.45, 7) is 2.88. The van der Waals surface area contributed by atoms with E-state index in [-0.39, 0.29) is 0 Å². The Labute approximate surface area is 134 Å². The molecule has 114 valence electrons. The number of carboxylic acids is 1. The molecule has 1 heterocycles. The van der Waals surface area contributed by atoms with Crippen LogP contribution in [-0.4, -0.2) is 41.1 Å². The number of hydrogen-bond acceptors (Lipinski definition) is 4. The van der Waals surface area contributed by atoms with Crippen molar-refractivity contribution in [3.8, 4) is 0 Å². The van der Waals surface area contributed by atoms with Crippen LogP contribution in [-0.2, 0) is 6.54 Å². The van der Waals surface area contributed by atoms with Gasteiger partial charge in [-0.25, -0.2) is 4.79 Å². The molecule has 0 saturated heterocycles. The third kappa shape index (κ3) is 3.78. The molecule has 2 rings (SSSR count). The van der Waals surface area contributed by atoms with E-state index >= 15 is 0 Å². The van der Waals surface area contributed by atoms with Crippen LogP contribution in [0.1, 0.15) is 28.6 Å². The van der Waals surface area contributed by atoms with Crippen molar-refractivity contribution in [2.45, 2.75) is 25.9 Å². The first-order valence-electron chi connectivity index (χ1n) is 6.97. The maximum atomic E-state index is 11.5. The maximum absolute atomic E-state index is 11.5. The molecule has 0 bridgehead atoms. The van der Waals surface area contributed by atoms with Crippen molar-refractivity contribution in [1.82, 2.24) is 4.90 Å². The Morgan fingerprint density at radius 3 is 2.81 bits per heavy atom. The summed E-state index contributed by atoms with van der Waals surface area (Å²) in [6.07, 6.45) is 3.23. The highest BCUT2D eigenvalue weighted by Crippen LogP contribution is 2.32. The monoisotopic (exact) mass is 323 g/mol. The maximum Gasteiger partial charge on any atom is 0.346 e. The summed E-state index contributed by atoms with van der Waals surface area (Å²) in [7, 11) is 2.07. The molecule has 1 unspecified atom stereocenters. The van der Waals surface area contributed by atoms with Crippen LogP contribution in [0, 0.1) is 0 Å². The molecule has 0 fully saturated rings. The van der Waals surface area contributed by atoms with Gasteiger partial charge in [-0.05, 0) is 49.4 Å². The van der Waals surface area contributed by atoms with Crippen molar-refractivity contribution in [2.24, 2.45) is 0 Å². The molecule has 1 aromatic carbocycles. The topological polar surface area (TPSA) is 40.5 Å². The minimum atomic E-state index is -0.823. The Morgan fingerprint density at radius 1 is 1.43 bits per heavy atom. The molecule has 0 radical (unpaired) electrons. The Bertz CT molecular complexity index is 624. The van der Waals surface area contributed by atoms with Gasteiger partial charge in [0.05, 0.1) is 0 Å². The van der Waals surface area contributed by atoms with Gasteiger partial charge in [0.15, 0.2) is 0 Å². The summed E-state index contributed by atoms with van der Waals surface area (Å²) >= 11 is 3.22. The number of nitrogens with zero attached hydrogens (tertiary/aromatic N) is 1. The molecule has 5 heteroatoms. The molecule has 1 aromatic heterocycles. The van der Waals surface area contributed by atoms with Crippen LogP contribution in [0.25, 0.3) is 10.1 Å². The van der Waals surface area contributed by atoms with E-state index < -0.39 is 5.97 Å². The first-order valence-corrected chi connectivity index (χ1v) is 9.18. The van der Waals surface area contributed by atoms with Gasteiger partial charge in [0.1, 0.15) is 4.88 Å². The molecule has 0 amide bonds. The largest absolute Gasteiger partial charge is 0.477 e. The highest BCUT2D eigenvalue weighted by atomic mass is 32.2. The lowest BCUT2D eigenvalue weighted by atomic mass is 10.1. The minimum absolute atomic E-state index is 0.442. The lowest BCUT2D eigenvalue weighted by molar-refractivity contribution is 0.0700. The van der Waals surface area contributed by atoms with Crippen LogP contribution in [0.3, 0.4) is 0 Å². The third-order valence-corrected chi connectivity index (χ3v) is 5.64. The second-order valence-corrected chi connectivity index (χ2v) is 7.29. The van der Waals surface area contributed by atoms with Crippen molar-refractivity contribution in [3.63, 3.8) is 0 Å². The summed E-state index contributed by atoms with van der Waals surface area (Å²) < 4.78 is 1.05. The van der Waals surface area contributed by atoms with Gasteiger partial charge in [0.2, 0.25) is 0 Å². The van der Waals surface area contributed by atoms with Crippen LogP contribution < -0.4 is 0 Å². The average molecular weight is 323 g/mol. The molecule has 3 nitrogen and oxygen atoms in total. The number of thioether (sulfide) groups is 1. The number of hydrogen-bond donors (Lipinski definition) is 1. The van der Waals surface area contributed by atoms with Crippen LogP contribution >= 0.6 is 23.1 Å². The molecule has 1 atom stereocenters. The quantitative estimate of drug-likeness (QED) is 0.830. The van der Waals surface area contributed by atoms with Crippen molar-refractivity contribution in [2.75, 3.05) is 19.1 Å². The number of carboxylic acid groups (broad SMARTS) is 1. The number of rotatable bonds is 7. The van der Waals surface area contributed by atoms with Gasteiger partial charge in [-0.1, -0.05) is 18.2 Å². The van der Waals surface area contributed by atoms with Gasteiger partial charge >= 0.3 is 5.97 Å². The highest BCUT2D eigenvalue weighted by molar-refractivity contribution is 7.98. The van der Waals surface area contributed by atoms with Gasteiger partial charge in [-0.2, -0.15) is 11.8 Å². The van der Waals surface area contributed by atoms with E-state index in [1.807, 2.05) is 36.0 Å². The Balaban J connectivity index is 2.28. The average Bonchev–Trinajstić information content (AvgIpc) is 2.84. The Morgan fingerprint density at radius 2 is 2.14 bits per heavy atom. The first kappa shape index (κ1) is 16.3. The number of thiophene rings is 1. The van der Waals surface area contributed by atoms with Crippen LogP contribution in [0.15, 0.2) is 24.3 Å². The molecule has 0 aliphatic heterocycles. The number of carbonyl (C=O) groups is 1. The van der Waals surface area contributed by atoms with Crippen LogP contribution in [0.5, 0.6) is 0 Å². The summed E-state index contributed by atoms with van der Waals surface area (Å²) in [6, 6.07) is 8.39. The van der Waals surface area contributed by atoms with Crippen molar-refractivity contribution >= 4 is 39.2 Å². The lowest BCUT2D eigenvalue weighted by Gasteiger charge is -2.24. The predicted molar refractivity (Wildman–Crippen MR) is 92.7 cm³/mol. The molecule has 0 spiro atoms. The van der Waals surface area contributed by atoms with E-state index in [2.05, 4.69) is 25.1 Å². The summed E-state index contributed by atoms with van der Waals surface area (Å²) in [5.41, 5.74) is 0.946. The Hall–Kier alpha value is -1.04. The van der Waals surface area contributed by atoms with E-state index in [0.29, 0.717) is 17.5 Å². The van der Waals surface area contributed by atoms with Crippen molar-refractivity contribution < 1.29 is 9.90 Å². The SMILES string of the molecule is CSCCC(C)N(C)Cc1c(C(=O)O)sc2ccccc12. The lowest BCUT2D eigenvalue weighted by Crippen LogP contribution is -2.29. The second-order valence-electron chi connectivity index (χ2n) is 5.26. The summed E-state index contributed by atoms with van der Waals surface area (Å²) in [5, 5.41) is 10.5. The minimum Gasteiger partial charge on any atom is -0.477 e. The molecule has 0 aliphatic carbocycles.